The molecule has 1 aliphatic heterocycles. The molecule has 0 bridgehead atoms. The normalized spacial score (nSPS) is 24.0. The van der Waals surface area contributed by atoms with E-state index in [-0.39, 0.29) is 0 Å². The lowest BCUT2D eigenvalue weighted by Gasteiger charge is -2.35. The van der Waals surface area contributed by atoms with Gasteiger partial charge in [0.25, 0.3) is 0 Å². The van der Waals surface area contributed by atoms with E-state index in [1.807, 2.05) is 0 Å². The maximum absolute atomic E-state index is 3.65. The van der Waals surface area contributed by atoms with Crippen molar-refractivity contribution in [2.45, 2.75) is 72.8 Å². The molecule has 2 heteroatoms. The Morgan fingerprint density at radius 1 is 1.26 bits per heavy atom. The highest BCUT2D eigenvalue weighted by Gasteiger charge is 2.30. The van der Waals surface area contributed by atoms with Gasteiger partial charge < -0.3 is 10.2 Å². The van der Waals surface area contributed by atoms with Crippen LogP contribution in [0.3, 0.4) is 0 Å². The molecule has 0 amide bonds. The van der Waals surface area contributed by atoms with Gasteiger partial charge in [0.2, 0.25) is 0 Å². The average molecular weight is 268 g/mol. The Labute approximate surface area is 121 Å². The Balaban J connectivity index is 2.44. The Bertz CT molecular complexity index is 239. The van der Waals surface area contributed by atoms with E-state index in [9.17, 15) is 0 Å². The monoisotopic (exact) mass is 268 g/mol. The Hall–Kier alpha value is -0.0800. The summed E-state index contributed by atoms with van der Waals surface area (Å²) in [5.74, 6) is 0.967. The lowest BCUT2D eigenvalue weighted by Crippen LogP contribution is -2.43. The third-order valence-electron chi connectivity index (χ3n) is 4.46. The van der Waals surface area contributed by atoms with Crippen LogP contribution in [0, 0.1) is 11.3 Å². The van der Waals surface area contributed by atoms with Crippen LogP contribution in [0.1, 0.15) is 66.7 Å². The molecule has 0 aromatic heterocycles. The van der Waals surface area contributed by atoms with Crippen molar-refractivity contribution < 1.29 is 0 Å². The molecule has 2 atom stereocenters. The maximum atomic E-state index is 3.65. The molecular weight excluding hydrogens is 232 g/mol. The highest BCUT2D eigenvalue weighted by molar-refractivity contribution is 4.85. The summed E-state index contributed by atoms with van der Waals surface area (Å²) in [5, 5.41) is 3.65. The van der Waals surface area contributed by atoms with Crippen molar-refractivity contribution in [2.75, 3.05) is 26.2 Å². The first-order chi connectivity index (χ1) is 8.99. The van der Waals surface area contributed by atoms with Gasteiger partial charge in [-0.25, -0.2) is 0 Å². The first-order valence-electron chi connectivity index (χ1n) is 8.45. The van der Waals surface area contributed by atoms with Crippen molar-refractivity contribution >= 4 is 0 Å². The van der Waals surface area contributed by atoms with Gasteiger partial charge in [-0.1, -0.05) is 47.5 Å². The van der Waals surface area contributed by atoms with Crippen LogP contribution in [-0.4, -0.2) is 37.1 Å². The fraction of sp³-hybridized carbons (Fsp3) is 1.00. The summed E-state index contributed by atoms with van der Waals surface area (Å²) in [6.45, 7) is 16.7. The fourth-order valence-corrected chi connectivity index (χ4v) is 3.52. The molecule has 114 valence electrons. The van der Waals surface area contributed by atoms with E-state index in [2.05, 4.69) is 44.8 Å². The predicted octanol–water partition coefficient (Wildman–Crippen LogP) is 3.91. The number of rotatable bonds is 9. The fourth-order valence-electron chi connectivity index (χ4n) is 3.52. The van der Waals surface area contributed by atoms with Crippen LogP contribution >= 0.6 is 0 Å². The summed E-state index contributed by atoms with van der Waals surface area (Å²) in [4.78, 5) is 2.72. The molecular formula is C17H36N2. The van der Waals surface area contributed by atoms with Crippen molar-refractivity contribution in [1.29, 1.82) is 0 Å². The van der Waals surface area contributed by atoms with Gasteiger partial charge >= 0.3 is 0 Å². The molecule has 1 saturated heterocycles. The van der Waals surface area contributed by atoms with Crippen LogP contribution in [0.15, 0.2) is 0 Å². The molecule has 1 N–H and O–H groups in total. The predicted molar refractivity (Wildman–Crippen MR) is 85.6 cm³/mol. The Kier molecular flexibility index (Phi) is 7.38. The molecule has 19 heavy (non-hydrogen) atoms. The Morgan fingerprint density at radius 2 is 2.00 bits per heavy atom. The van der Waals surface area contributed by atoms with Crippen molar-refractivity contribution in [3.05, 3.63) is 0 Å². The van der Waals surface area contributed by atoms with Crippen molar-refractivity contribution in [1.82, 2.24) is 10.2 Å². The van der Waals surface area contributed by atoms with E-state index in [4.69, 9.17) is 0 Å². The molecule has 0 aromatic rings. The second-order valence-corrected chi connectivity index (χ2v) is 7.27. The first kappa shape index (κ1) is 17.0. The standard InChI is InChI=1S/C17H36N2/c1-6-8-16-9-11-19(12-16)14-17(5,10-7-2)13-18-15(3)4/h15-16,18H,6-14H2,1-5H3. The number of hydrogen-bond acceptors (Lipinski definition) is 2. The number of likely N-dealkylation sites (tertiary alicyclic amines) is 1. The average Bonchev–Trinajstić information content (AvgIpc) is 2.75. The van der Waals surface area contributed by atoms with E-state index in [0.717, 1.165) is 12.5 Å². The van der Waals surface area contributed by atoms with Crippen LogP contribution in [0.25, 0.3) is 0 Å². The van der Waals surface area contributed by atoms with E-state index in [0.29, 0.717) is 11.5 Å². The summed E-state index contributed by atoms with van der Waals surface area (Å²) in [7, 11) is 0. The molecule has 0 radical (unpaired) electrons. The number of nitrogens with zero attached hydrogens (tertiary/aromatic N) is 1. The van der Waals surface area contributed by atoms with E-state index < -0.39 is 0 Å². The Morgan fingerprint density at radius 3 is 2.58 bits per heavy atom. The number of nitrogens with one attached hydrogen (secondary N) is 1. The smallest absolute Gasteiger partial charge is 0.00476 e. The van der Waals surface area contributed by atoms with Crippen LogP contribution in [0.4, 0.5) is 0 Å². The van der Waals surface area contributed by atoms with Gasteiger partial charge in [0.05, 0.1) is 0 Å². The largest absolute Gasteiger partial charge is 0.314 e. The lowest BCUT2D eigenvalue weighted by atomic mass is 9.84. The molecule has 0 aromatic carbocycles. The van der Waals surface area contributed by atoms with E-state index in [1.54, 1.807) is 0 Å². The van der Waals surface area contributed by atoms with Gasteiger partial charge in [-0.2, -0.15) is 0 Å². The third-order valence-corrected chi connectivity index (χ3v) is 4.46. The molecule has 2 nitrogen and oxygen atoms in total. The SMILES string of the molecule is CCCC1CCN(CC(C)(CCC)CNC(C)C)C1. The second kappa shape index (κ2) is 8.26. The maximum Gasteiger partial charge on any atom is 0.00476 e. The van der Waals surface area contributed by atoms with Crippen molar-refractivity contribution in [3.63, 3.8) is 0 Å². The van der Waals surface area contributed by atoms with Crippen molar-refractivity contribution in [2.24, 2.45) is 11.3 Å². The second-order valence-electron chi connectivity index (χ2n) is 7.27. The minimum Gasteiger partial charge on any atom is -0.314 e. The highest BCUT2D eigenvalue weighted by Crippen LogP contribution is 2.28. The van der Waals surface area contributed by atoms with Gasteiger partial charge in [0.15, 0.2) is 0 Å². The zero-order valence-corrected chi connectivity index (χ0v) is 14.0. The molecule has 1 rings (SSSR count). The summed E-state index contributed by atoms with van der Waals surface area (Å²) < 4.78 is 0. The minimum atomic E-state index is 0.445. The molecule has 2 unspecified atom stereocenters. The van der Waals surface area contributed by atoms with Gasteiger partial charge in [-0.15, -0.1) is 0 Å². The summed E-state index contributed by atoms with van der Waals surface area (Å²) in [5.41, 5.74) is 0.445. The molecule has 1 heterocycles. The summed E-state index contributed by atoms with van der Waals surface area (Å²) >= 11 is 0. The highest BCUT2D eigenvalue weighted by atomic mass is 15.2. The molecule has 0 aliphatic carbocycles. The van der Waals surface area contributed by atoms with Gasteiger partial charge in [-0.3, -0.25) is 0 Å². The topological polar surface area (TPSA) is 15.3 Å². The molecule has 0 spiro atoms. The van der Waals surface area contributed by atoms with Gasteiger partial charge in [0, 0.05) is 25.7 Å². The molecule has 0 saturated carbocycles. The van der Waals surface area contributed by atoms with Crippen LogP contribution in [0.5, 0.6) is 0 Å². The van der Waals surface area contributed by atoms with Crippen LogP contribution < -0.4 is 5.32 Å². The molecule has 1 fully saturated rings. The number of hydrogen-bond donors (Lipinski definition) is 1. The zero-order valence-electron chi connectivity index (χ0n) is 14.0. The lowest BCUT2D eigenvalue weighted by molar-refractivity contribution is 0.165. The summed E-state index contributed by atoms with van der Waals surface area (Å²) in [6, 6.07) is 0.600. The quantitative estimate of drug-likeness (QED) is 0.682. The first-order valence-corrected chi connectivity index (χ1v) is 8.45. The third kappa shape index (κ3) is 6.27. The van der Waals surface area contributed by atoms with Crippen LogP contribution in [0.2, 0.25) is 0 Å². The van der Waals surface area contributed by atoms with Crippen molar-refractivity contribution in [3.8, 4) is 0 Å². The minimum absolute atomic E-state index is 0.445. The van der Waals surface area contributed by atoms with Gasteiger partial charge in [0.1, 0.15) is 0 Å². The summed E-state index contributed by atoms with van der Waals surface area (Å²) in [6.07, 6.45) is 6.82. The zero-order chi connectivity index (χ0) is 14.3. The van der Waals surface area contributed by atoms with E-state index >= 15 is 0 Å². The molecule has 1 aliphatic rings. The van der Waals surface area contributed by atoms with E-state index in [1.165, 1.54) is 51.7 Å². The van der Waals surface area contributed by atoms with Gasteiger partial charge in [-0.05, 0) is 37.1 Å². The van der Waals surface area contributed by atoms with Crippen LogP contribution in [-0.2, 0) is 0 Å².